The summed E-state index contributed by atoms with van der Waals surface area (Å²) in [6.07, 6.45) is 1.60. The van der Waals surface area contributed by atoms with Crippen LogP contribution in [-0.2, 0) is 0 Å². The molecule has 0 aromatic heterocycles. The highest BCUT2D eigenvalue weighted by atomic mass is 32.1. The molecule has 3 rings (SSSR count). The largest absolute Gasteiger partial charge is 0.494 e. The second-order valence-corrected chi connectivity index (χ2v) is 7.59. The van der Waals surface area contributed by atoms with Crippen LogP contribution < -0.4 is 25.0 Å². The van der Waals surface area contributed by atoms with Gasteiger partial charge in [-0.25, -0.2) is 4.79 Å². The zero-order chi connectivity index (χ0) is 24.3. The summed E-state index contributed by atoms with van der Waals surface area (Å²) in [7, 11) is 0. The molecule has 176 valence electrons. The number of rotatable bonds is 9. The molecule has 3 aromatic carbocycles. The number of ether oxygens (including phenoxy) is 3. The van der Waals surface area contributed by atoms with Crippen molar-refractivity contribution < 1.29 is 19.0 Å². The third-order valence-electron chi connectivity index (χ3n) is 4.53. The van der Waals surface area contributed by atoms with Crippen LogP contribution in [0.3, 0.4) is 0 Å². The van der Waals surface area contributed by atoms with Crippen molar-refractivity contribution in [3.05, 3.63) is 83.4 Å². The summed E-state index contributed by atoms with van der Waals surface area (Å²) >= 11 is 5.27. The Hall–Kier alpha value is -3.91. The summed E-state index contributed by atoms with van der Waals surface area (Å²) < 4.78 is 16.6. The van der Waals surface area contributed by atoms with Gasteiger partial charge < -0.3 is 19.5 Å². The average molecular weight is 478 g/mol. The lowest BCUT2D eigenvalue weighted by atomic mass is 10.2. The van der Waals surface area contributed by atoms with Gasteiger partial charge in [-0.3, -0.25) is 5.43 Å². The zero-order valence-corrected chi connectivity index (χ0v) is 20.1. The van der Waals surface area contributed by atoms with E-state index in [-0.39, 0.29) is 0 Å². The third kappa shape index (κ3) is 7.31. The molecule has 0 saturated heterocycles. The summed E-state index contributed by atoms with van der Waals surface area (Å²) in [6, 6.07) is 19.8. The van der Waals surface area contributed by atoms with Crippen molar-refractivity contribution in [3.8, 4) is 17.2 Å². The lowest BCUT2D eigenvalue weighted by molar-refractivity contribution is 0.0728. The number of carbonyl (C=O) groups is 1. The lowest BCUT2D eigenvalue weighted by Crippen LogP contribution is -2.23. The number of carbonyl (C=O) groups excluding carboxylic acids is 1. The van der Waals surface area contributed by atoms with Gasteiger partial charge in [0.1, 0.15) is 5.75 Å². The fourth-order valence-corrected chi connectivity index (χ4v) is 3.19. The van der Waals surface area contributed by atoms with Crippen LogP contribution in [0.15, 0.2) is 71.8 Å². The van der Waals surface area contributed by atoms with Crippen LogP contribution in [0.2, 0.25) is 0 Å². The molecule has 0 radical (unpaired) electrons. The first-order chi connectivity index (χ1) is 16.5. The summed E-state index contributed by atoms with van der Waals surface area (Å²) in [4.78, 5) is 12.6. The highest BCUT2D eigenvalue weighted by Gasteiger charge is 2.13. The SMILES string of the molecule is CCOc1ccc(C(=O)Oc2ccc(/C=N\NC(=S)Nc3cccc(C)c3)cc2OCC)cc1. The molecule has 3 aromatic rings. The minimum atomic E-state index is -0.486. The maximum absolute atomic E-state index is 12.6. The Morgan fingerprint density at radius 2 is 1.74 bits per heavy atom. The molecule has 34 heavy (non-hydrogen) atoms. The number of aryl methyl sites for hydroxylation is 1. The van der Waals surface area contributed by atoms with E-state index >= 15 is 0 Å². The molecule has 0 atom stereocenters. The molecule has 0 saturated carbocycles. The van der Waals surface area contributed by atoms with Crippen molar-refractivity contribution in [1.29, 1.82) is 0 Å². The summed E-state index contributed by atoms with van der Waals surface area (Å²) in [5.74, 6) is 0.966. The van der Waals surface area contributed by atoms with Crippen molar-refractivity contribution in [2.45, 2.75) is 20.8 Å². The molecule has 0 unspecified atom stereocenters. The van der Waals surface area contributed by atoms with Gasteiger partial charge in [0.25, 0.3) is 0 Å². The van der Waals surface area contributed by atoms with E-state index in [0.29, 0.717) is 41.1 Å². The van der Waals surface area contributed by atoms with Crippen LogP contribution in [0, 0.1) is 6.92 Å². The van der Waals surface area contributed by atoms with Gasteiger partial charge >= 0.3 is 5.97 Å². The van der Waals surface area contributed by atoms with Gasteiger partial charge in [0, 0.05) is 5.69 Å². The predicted octanol–water partition coefficient (Wildman–Crippen LogP) is 5.33. The van der Waals surface area contributed by atoms with E-state index in [1.54, 1.807) is 48.7 Å². The number of nitrogens with zero attached hydrogens (tertiary/aromatic N) is 1. The molecule has 0 spiro atoms. The van der Waals surface area contributed by atoms with Gasteiger partial charge in [0.05, 0.1) is 25.0 Å². The van der Waals surface area contributed by atoms with Gasteiger partial charge in [-0.15, -0.1) is 0 Å². The van der Waals surface area contributed by atoms with Gasteiger partial charge in [0.15, 0.2) is 16.6 Å². The van der Waals surface area contributed by atoms with E-state index in [1.165, 1.54) is 0 Å². The summed E-state index contributed by atoms with van der Waals surface area (Å²) in [5.41, 5.74) is 5.95. The summed E-state index contributed by atoms with van der Waals surface area (Å²) in [5, 5.41) is 7.61. The molecule has 7 nitrogen and oxygen atoms in total. The third-order valence-corrected chi connectivity index (χ3v) is 4.72. The molecule has 0 bridgehead atoms. The maximum atomic E-state index is 12.6. The van der Waals surface area contributed by atoms with Crippen LogP contribution in [0.25, 0.3) is 0 Å². The molecular formula is C26H27N3O4S. The van der Waals surface area contributed by atoms with E-state index in [1.807, 2.05) is 45.0 Å². The van der Waals surface area contributed by atoms with Gasteiger partial charge in [0.2, 0.25) is 0 Å². The quantitative estimate of drug-likeness (QED) is 0.142. The number of thiocarbonyl (C=S) groups is 1. The van der Waals surface area contributed by atoms with Crippen molar-refractivity contribution in [1.82, 2.24) is 5.43 Å². The van der Waals surface area contributed by atoms with Crippen LogP contribution in [0.4, 0.5) is 5.69 Å². The fraction of sp³-hybridized carbons (Fsp3) is 0.192. The van der Waals surface area contributed by atoms with Crippen LogP contribution >= 0.6 is 12.2 Å². The minimum Gasteiger partial charge on any atom is -0.494 e. The smallest absolute Gasteiger partial charge is 0.343 e. The second kappa shape index (κ2) is 12.4. The van der Waals surface area contributed by atoms with Crippen molar-refractivity contribution in [3.63, 3.8) is 0 Å². The normalized spacial score (nSPS) is 10.6. The fourth-order valence-electron chi connectivity index (χ4n) is 3.02. The van der Waals surface area contributed by atoms with E-state index in [2.05, 4.69) is 15.8 Å². The number of esters is 1. The molecular weight excluding hydrogens is 450 g/mol. The molecule has 0 amide bonds. The number of hydrazone groups is 1. The molecule has 0 fully saturated rings. The predicted molar refractivity (Wildman–Crippen MR) is 138 cm³/mol. The van der Waals surface area contributed by atoms with E-state index < -0.39 is 5.97 Å². The van der Waals surface area contributed by atoms with Crippen LogP contribution in [-0.4, -0.2) is 30.5 Å². The minimum absolute atomic E-state index is 0.322. The number of benzene rings is 3. The molecule has 0 heterocycles. The molecule has 2 N–H and O–H groups in total. The standard InChI is InChI=1S/C26H27N3O4S/c1-4-31-22-12-10-20(11-13-22)25(30)33-23-14-9-19(16-24(23)32-5-2)17-27-29-26(34)28-21-8-6-7-18(3)15-21/h6-17H,4-5H2,1-3H3,(H2,28,29,34)/b27-17-. The maximum Gasteiger partial charge on any atom is 0.343 e. The Labute approximate surface area is 204 Å². The lowest BCUT2D eigenvalue weighted by Gasteiger charge is -2.12. The number of nitrogens with one attached hydrogen (secondary N) is 2. The van der Waals surface area contributed by atoms with Crippen LogP contribution in [0.5, 0.6) is 17.2 Å². The van der Waals surface area contributed by atoms with Crippen LogP contribution in [0.1, 0.15) is 35.3 Å². The Bertz CT molecular complexity index is 1160. The average Bonchev–Trinajstić information content (AvgIpc) is 2.81. The molecule has 0 aliphatic rings. The topological polar surface area (TPSA) is 81.2 Å². The molecule has 8 heteroatoms. The van der Waals surface area contributed by atoms with Crippen molar-refractivity contribution >= 4 is 35.2 Å². The van der Waals surface area contributed by atoms with Crippen molar-refractivity contribution in [2.24, 2.45) is 5.10 Å². The van der Waals surface area contributed by atoms with E-state index in [0.717, 1.165) is 16.8 Å². The number of hydrogen-bond acceptors (Lipinski definition) is 6. The van der Waals surface area contributed by atoms with Crippen molar-refractivity contribution in [2.75, 3.05) is 18.5 Å². The second-order valence-electron chi connectivity index (χ2n) is 7.18. The van der Waals surface area contributed by atoms with Gasteiger partial charge in [-0.1, -0.05) is 12.1 Å². The first-order valence-electron chi connectivity index (χ1n) is 10.9. The Balaban J connectivity index is 1.63. The van der Waals surface area contributed by atoms with E-state index in [9.17, 15) is 4.79 Å². The first-order valence-corrected chi connectivity index (χ1v) is 11.3. The van der Waals surface area contributed by atoms with Gasteiger partial charge in [-0.2, -0.15) is 5.10 Å². The Morgan fingerprint density at radius 3 is 2.44 bits per heavy atom. The number of anilines is 1. The Kier molecular flexibility index (Phi) is 8.99. The zero-order valence-electron chi connectivity index (χ0n) is 19.3. The number of hydrogen-bond donors (Lipinski definition) is 2. The molecule has 0 aliphatic carbocycles. The Morgan fingerprint density at radius 1 is 0.971 bits per heavy atom. The first kappa shape index (κ1) is 24.7. The molecule has 0 aliphatic heterocycles. The van der Waals surface area contributed by atoms with E-state index in [4.69, 9.17) is 26.4 Å². The van der Waals surface area contributed by atoms with Gasteiger partial charge in [-0.05, 0) is 98.7 Å². The highest BCUT2D eigenvalue weighted by Crippen LogP contribution is 2.29. The monoisotopic (exact) mass is 477 g/mol. The summed E-state index contributed by atoms with van der Waals surface area (Å²) in [6.45, 7) is 6.74. The highest BCUT2D eigenvalue weighted by molar-refractivity contribution is 7.80.